The van der Waals surface area contributed by atoms with E-state index in [1.807, 2.05) is 12.1 Å². The van der Waals surface area contributed by atoms with Gasteiger partial charge in [-0.15, -0.1) is 24.0 Å². The highest BCUT2D eigenvalue weighted by Gasteiger charge is 2.31. The first kappa shape index (κ1) is 20.6. The molecule has 3 aliphatic rings. The van der Waals surface area contributed by atoms with Crippen LogP contribution in [0.25, 0.3) is 0 Å². The highest BCUT2D eigenvalue weighted by Crippen LogP contribution is 2.30. The van der Waals surface area contributed by atoms with Gasteiger partial charge in [0.2, 0.25) is 0 Å². The van der Waals surface area contributed by atoms with Gasteiger partial charge in [-0.1, -0.05) is 0 Å². The largest absolute Gasteiger partial charge is 0.370 e. The summed E-state index contributed by atoms with van der Waals surface area (Å²) in [6, 6.07) is 7.62. The molecule has 1 aliphatic carbocycles. The Labute approximate surface area is 178 Å². The Balaban J connectivity index is 0.00000210. The molecule has 0 spiro atoms. The average molecular weight is 487 g/mol. The molecule has 0 aromatic heterocycles. The fraction of sp³-hybridized carbons (Fsp3) is 0.650. The van der Waals surface area contributed by atoms with E-state index in [-0.39, 0.29) is 29.8 Å². The number of aliphatic imine (C=N–C) groups is 1. The molecule has 150 valence electrons. The van der Waals surface area contributed by atoms with E-state index in [4.69, 9.17) is 10.7 Å². The van der Waals surface area contributed by atoms with Gasteiger partial charge in [-0.3, -0.25) is 4.99 Å². The number of nitrogens with two attached hydrogens (primary N) is 1. The molecule has 0 amide bonds. The molecule has 0 radical (unpaired) electrons. The Bertz CT molecular complexity index is 618. The highest BCUT2D eigenvalue weighted by molar-refractivity contribution is 14.0. The molecule has 1 aromatic carbocycles. The lowest BCUT2D eigenvalue weighted by atomic mass is 9.97. The van der Waals surface area contributed by atoms with Gasteiger partial charge in [-0.05, 0) is 69.0 Å². The molecule has 5 nitrogen and oxygen atoms in total. The van der Waals surface area contributed by atoms with Crippen LogP contribution in [0.1, 0.15) is 25.7 Å². The zero-order valence-corrected chi connectivity index (χ0v) is 18.2. The second-order valence-corrected chi connectivity index (χ2v) is 7.86. The smallest absolute Gasteiger partial charge is 0.191 e. The molecule has 2 N–H and O–H groups in total. The Morgan fingerprint density at radius 2 is 1.59 bits per heavy atom. The normalized spacial score (nSPS) is 22.6. The second kappa shape index (κ2) is 9.41. The topological polar surface area (TPSA) is 48.1 Å². The van der Waals surface area contributed by atoms with Crippen LogP contribution in [0.3, 0.4) is 0 Å². The van der Waals surface area contributed by atoms with Gasteiger partial charge in [-0.25, -0.2) is 4.39 Å². The molecule has 7 heteroatoms. The summed E-state index contributed by atoms with van der Waals surface area (Å²) in [7, 11) is 0. The molecule has 2 aliphatic heterocycles. The Hall–Kier alpha value is -1.09. The third kappa shape index (κ3) is 5.47. The summed E-state index contributed by atoms with van der Waals surface area (Å²) in [5.74, 6) is 1.18. The van der Waals surface area contributed by atoms with Crippen LogP contribution in [-0.2, 0) is 0 Å². The average Bonchev–Trinajstić information content (AvgIpc) is 3.53. The number of hydrogen-bond donors (Lipinski definition) is 1. The van der Waals surface area contributed by atoms with Gasteiger partial charge in [0.25, 0.3) is 0 Å². The zero-order valence-electron chi connectivity index (χ0n) is 15.9. The van der Waals surface area contributed by atoms with Crippen LogP contribution in [0.4, 0.5) is 10.1 Å². The van der Waals surface area contributed by atoms with Crippen LogP contribution in [0.5, 0.6) is 0 Å². The van der Waals surface area contributed by atoms with Gasteiger partial charge in [0.05, 0.1) is 0 Å². The fourth-order valence-corrected chi connectivity index (χ4v) is 4.11. The van der Waals surface area contributed by atoms with Gasteiger partial charge in [-0.2, -0.15) is 0 Å². The lowest BCUT2D eigenvalue weighted by Gasteiger charge is -2.37. The van der Waals surface area contributed by atoms with Crippen molar-refractivity contribution in [3.63, 3.8) is 0 Å². The molecule has 2 saturated heterocycles. The van der Waals surface area contributed by atoms with E-state index in [0.717, 1.165) is 44.5 Å². The SMILES string of the molecule is I.NC(=NCC1CCN(C2CC2)CC1)N1CCN(c2ccc(F)cc2)CC1. The minimum absolute atomic E-state index is 0. The van der Waals surface area contributed by atoms with Crippen molar-refractivity contribution in [2.24, 2.45) is 16.6 Å². The molecule has 27 heavy (non-hydrogen) atoms. The molecule has 0 bridgehead atoms. The summed E-state index contributed by atoms with van der Waals surface area (Å²) < 4.78 is 13.1. The van der Waals surface area contributed by atoms with Crippen molar-refractivity contribution in [2.75, 3.05) is 50.7 Å². The van der Waals surface area contributed by atoms with E-state index in [2.05, 4.69) is 14.7 Å². The van der Waals surface area contributed by atoms with E-state index in [9.17, 15) is 4.39 Å². The highest BCUT2D eigenvalue weighted by atomic mass is 127. The number of guanidine groups is 1. The number of piperazine rings is 1. The predicted molar refractivity (Wildman–Crippen MR) is 119 cm³/mol. The van der Waals surface area contributed by atoms with E-state index in [1.54, 1.807) is 0 Å². The molecule has 1 aromatic rings. The van der Waals surface area contributed by atoms with Gasteiger partial charge >= 0.3 is 0 Å². The second-order valence-electron chi connectivity index (χ2n) is 7.86. The summed E-state index contributed by atoms with van der Waals surface area (Å²) in [4.78, 5) is 11.8. The van der Waals surface area contributed by atoms with Gasteiger partial charge < -0.3 is 20.4 Å². The van der Waals surface area contributed by atoms with Crippen LogP contribution in [-0.4, -0.2) is 67.6 Å². The van der Waals surface area contributed by atoms with Crippen LogP contribution in [0, 0.1) is 11.7 Å². The van der Waals surface area contributed by atoms with Crippen molar-refractivity contribution < 1.29 is 4.39 Å². The predicted octanol–water partition coefficient (Wildman–Crippen LogP) is 2.75. The lowest BCUT2D eigenvalue weighted by Crippen LogP contribution is -2.51. The Kier molecular flexibility index (Phi) is 7.19. The van der Waals surface area contributed by atoms with E-state index < -0.39 is 0 Å². The molecular weight excluding hydrogens is 456 g/mol. The fourth-order valence-electron chi connectivity index (χ4n) is 4.11. The summed E-state index contributed by atoms with van der Waals surface area (Å²) in [5, 5.41) is 0. The summed E-state index contributed by atoms with van der Waals surface area (Å²) in [6.07, 6.45) is 5.32. The first-order valence-electron chi connectivity index (χ1n) is 9.98. The summed E-state index contributed by atoms with van der Waals surface area (Å²) in [5.41, 5.74) is 7.33. The van der Waals surface area contributed by atoms with Gasteiger partial charge in [0, 0.05) is 44.5 Å². The maximum absolute atomic E-state index is 13.1. The quantitative estimate of drug-likeness (QED) is 0.403. The number of hydrogen-bond acceptors (Lipinski definition) is 3. The van der Waals surface area contributed by atoms with Crippen molar-refractivity contribution in [3.8, 4) is 0 Å². The van der Waals surface area contributed by atoms with Crippen LogP contribution >= 0.6 is 24.0 Å². The molecular formula is C20H31FIN5. The van der Waals surface area contributed by atoms with Crippen molar-refractivity contribution in [1.82, 2.24) is 9.80 Å². The first-order chi connectivity index (χ1) is 12.7. The van der Waals surface area contributed by atoms with Crippen LogP contribution in [0.15, 0.2) is 29.3 Å². The number of rotatable bonds is 4. The number of anilines is 1. The van der Waals surface area contributed by atoms with Crippen LogP contribution in [0.2, 0.25) is 0 Å². The number of piperidine rings is 1. The molecule has 4 rings (SSSR count). The van der Waals surface area contributed by atoms with Crippen molar-refractivity contribution in [1.29, 1.82) is 0 Å². The summed E-state index contributed by atoms with van der Waals surface area (Å²) in [6.45, 7) is 6.85. The standard InChI is InChI=1S/C20H30FN5.HI/c21-17-1-3-18(4-2-17)25-11-13-26(14-12-25)20(22)23-15-16-7-9-24(10-8-16)19-5-6-19;/h1-4,16,19H,5-15H2,(H2,22,23);1H. The molecule has 1 saturated carbocycles. The number of benzene rings is 1. The third-order valence-electron chi connectivity index (χ3n) is 6.02. The van der Waals surface area contributed by atoms with Crippen molar-refractivity contribution >= 4 is 35.6 Å². The molecule has 0 atom stereocenters. The minimum atomic E-state index is -0.188. The monoisotopic (exact) mass is 487 g/mol. The third-order valence-corrected chi connectivity index (χ3v) is 6.02. The van der Waals surface area contributed by atoms with E-state index in [1.165, 1.54) is 50.9 Å². The Morgan fingerprint density at radius 3 is 2.19 bits per heavy atom. The number of halogens is 2. The van der Waals surface area contributed by atoms with Crippen molar-refractivity contribution in [2.45, 2.75) is 31.7 Å². The summed E-state index contributed by atoms with van der Waals surface area (Å²) >= 11 is 0. The van der Waals surface area contributed by atoms with E-state index >= 15 is 0 Å². The van der Waals surface area contributed by atoms with Gasteiger partial charge in [0.15, 0.2) is 5.96 Å². The maximum Gasteiger partial charge on any atom is 0.191 e. The minimum Gasteiger partial charge on any atom is -0.370 e. The number of likely N-dealkylation sites (tertiary alicyclic amines) is 1. The number of nitrogens with zero attached hydrogens (tertiary/aromatic N) is 4. The molecule has 0 unspecified atom stereocenters. The molecule has 2 heterocycles. The zero-order chi connectivity index (χ0) is 17.9. The maximum atomic E-state index is 13.1. The van der Waals surface area contributed by atoms with Crippen molar-refractivity contribution in [3.05, 3.63) is 30.1 Å². The Morgan fingerprint density at radius 1 is 0.963 bits per heavy atom. The lowest BCUT2D eigenvalue weighted by molar-refractivity contribution is 0.179. The van der Waals surface area contributed by atoms with Gasteiger partial charge in [0.1, 0.15) is 5.82 Å². The molecule has 3 fully saturated rings. The van der Waals surface area contributed by atoms with Crippen LogP contribution < -0.4 is 10.6 Å². The first-order valence-corrected chi connectivity index (χ1v) is 9.98. The van der Waals surface area contributed by atoms with E-state index in [0.29, 0.717) is 11.9 Å².